The summed E-state index contributed by atoms with van der Waals surface area (Å²) in [6.07, 6.45) is 1.51. The van der Waals surface area contributed by atoms with Crippen LogP contribution in [-0.2, 0) is 11.2 Å². The maximum atomic E-state index is 10.4. The van der Waals surface area contributed by atoms with Crippen LogP contribution in [0.2, 0.25) is 0 Å². The maximum Gasteiger partial charge on any atom is 0.303 e. The van der Waals surface area contributed by atoms with E-state index in [1.165, 1.54) is 6.20 Å². The van der Waals surface area contributed by atoms with Crippen LogP contribution >= 0.6 is 0 Å². The van der Waals surface area contributed by atoms with Crippen molar-refractivity contribution in [3.05, 3.63) is 29.8 Å². The molecule has 0 aliphatic heterocycles. The molecule has 0 unspecified atom stereocenters. The molecule has 0 fully saturated rings. The van der Waals surface area contributed by atoms with Gasteiger partial charge in [-0.2, -0.15) is 5.26 Å². The molecule has 2 aromatic rings. The number of aliphatic carboxylic acids is 1. The van der Waals surface area contributed by atoms with Gasteiger partial charge in [0.2, 0.25) is 5.89 Å². The minimum absolute atomic E-state index is 0.0670. The molecule has 90 valence electrons. The second-order valence-corrected chi connectivity index (χ2v) is 3.44. The van der Waals surface area contributed by atoms with Gasteiger partial charge in [0.1, 0.15) is 11.8 Å². The molecule has 0 spiro atoms. The number of pyridine rings is 1. The lowest BCUT2D eigenvalue weighted by Gasteiger charge is -1.93. The fourth-order valence-corrected chi connectivity index (χ4v) is 1.26. The van der Waals surface area contributed by atoms with Crippen molar-refractivity contribution in [3.8, 4) is 17.7 Å². The standard InChI is InChI=1S/C11H8N4O3/c12-5-7-1-2-8(13-6-7)11-15-14-9(18-11)3-4-10(16)17/h1-2,6H,3-4H2,(H,16,17). The molecule has 0 saturated carbocycles. The molecule has 0 atom stereocenters. The third-order valence-electron chi connectivity index (χ3n) is 2.13. The van der Waals surface area contributed by atoms with E-state index < -0.39 is 5.97 Å². The number of hydrogen-bond donors (Lipinski definition) is 1. The highest BCUT2D eigenvalue weighted by Gasteiger charge is 2.10. The molecule has 1 N–H and O–H groups in total. The Morgan fingerprint density at radius 3 is 2.89 bits per heavy atom. The Bertz CT molecular complexity index is 597. The van der Waals surface area contributed by atoms with Crippen LogP contribution in [0.5, 0.6) is 0 Å². The van der Waals surface area contributed by atoms with Gasteiger partial charge in [-0.05, 0) is 12.1 Å². The van der Waals surface area contributed by atoms with Crippen LogP contribution in [0.4, 0.5) is 0 Å². The highest BCUT2D eigenvalue weighted by Crippen LogP contribution is 2.15. The molecule has 0 radical (unpaired) electrons. The molecule has 2 rings (SSSR count). The van der Waals surface area contributed by atoms with Gasteiger partial charge in [-0.15, -0.1) is 10.2 Å². The fraction of sp³-hybridized carbons (Fsp3) is 0.182. The van der Waals surface area contributed by atoms with Gasteiger partial charge >= 0.3 is 5.97 Å². The summed E-state index contributed by atoms with van der Waals surface area (Å²) in [5.74, 6) is -0.468. The van der Waals surface area contributed by atoms with Crippen molar-refractivity contribution in [1.29, 1.82) is 5.26 Å². The Morgan fingerprint density at radius 2 is 2.28 bits per heavy atom. The summed E-state index contributed by atoms with van der Waals surface area (Å²) in [5.41, 5.74) is 0.882. The summed E-state index contributed by atoms with van der Waals surface area (Å²) in [6, 6.07) is 5.13. The number of nitrogens with zero attached hydrogens (tertiary/aromatic N) is 4. The highest BCUT2D eigenvalue weighted by atomic mass is 16.4. The average molecular weight is 244 g/mol. The Kier molecular flexibility index (Phi) is 3.29. The number of carboxylic acids is 1. The minimum Gasteiger partial charge on any atom is -0.481 e. The number of aryl methyl sites for hydroxylation is 1. The van der Waals surface area contributed by atoms with Crippen molar-refractivity contribution in [1.82, 2.24) is 15.2 Å². The van der Waals surface area contributed by atoms with Gasteiger partial charge < -0.3 is 9.52 Å². The zero-order valence-electron chi connectivity index (χ0n) is 9.20. The third-order valence-corrected chi connectivity index (χ3v) is 2.13. The summed E-state index contributed by atoms with van der Waals surface area (Å²) in [5, 5.41) is 24.6. The SMILES string of the molecule is N#Cc1ccc(-c2nnc(CCC(=O)O)o2)nc1. The van der Waals surface area contributed by atoms with Crippen molar-refractivity contribution in [3.63, 3.8) is 0 Å². The van der Waals surface area contributed by atoms with Gasteiger partial charge in [-0.1, -0.05) is 0 Å². The first-order valence-corrected chi connectivity index (χ1v) is 5.10. The van der Waals surface area contributed by atoms with Crippen LogP contribution in [0, 0.1) is 11.3 Å². The lowest BCUT2D eigenvalue weighted by Crippen LogP contribution is -1.97. The zero-order valence-corrected chi connectivity index (χ0v) is 9.20. The van der Waals surface area contributed by atoms with E-state index in [0.29, 0.717) is 11.3 Å². The largest absolute Gasteiger partial charge is 0.481 e. The molecule has 0 saturated heterocycles. The number of hydrogen-bond acceptors (Lipinski definition) is 6. The molecule has 7 nitrogen and oxygen atoms in total. The quantitative estimate of drug-likeness (QED) is 0.853. The highest BCUT2D eigenvalue weighted by molar-refractivity contribution is 5.66. The summed E-state index contributed by atoms with van der Waals surface area (Å²) in [7, 11) is 0. The second-order valence-electron chi connectivity index (χ2n) is 3.44. The van der Waals surface area contributed by atoms with E-state index in [2.05, 4.69) is 15.2 Å². The molecule has 0 amide bonds. The summed E-state index contributed by atoms with van der Waals surface area (Å²) >= 11 is 0. The van der Waals surface area contributed by atoms with Crippen LogP contribution in [0.3, 0.4) is 0 Å². The predicted octanol–water partition coefficient (Wildman–Crippen LogP) is 1.02. The number of carboxylic acid groups (broad SMARTS) is 1. The lowest BCUT2D eigenvalue weighted by molar-refractivity contribution is -0.137. The maximum absolute atomic E-state index is 10.4. The van der Waals surface area contributed by atoms with Crippen LogP contribution in [0.25, 0.3) is 11.6 Å². The van der Waals surface area contributed by atoms with Crippen LogP contribution in [0.15, 0.2) is 22.7 Å². The van der Waals surface area contributed by atoms with Gasteiger partial charge in [-0.25, -0.2) is 4.98 Å². The van der Waals surface area contributed by atoms with Gasteiger partial charge in [0.25, 0.3) is 5.89 Å². The van der Waals surface area contributed by atoms with Crippen molar-refractivity contribution in [2.75, 3.05) is 0 Å². The van der Waals surface area contributed by atoms with E-state index in [9.17, 15) is 4.79 Å². The molecule has 7 heteroatoms. The predicted molar refractivity (Wildman–Crippen MR) is 58.2 cm³/mol. The average Bonchev–Trinajstić information content (AvgIpc) is 2.85. The number of nitriles is 1. The van der Waals surface area contributed by atoms with E-state index in [-0.39, 0.29) is 24.6 Å². The fourth-order valence-electron chi connectivity index (χ4n) is 1.26. The second kappa shape index (κ2) is 5.05. The van der Waals surface area contributed by atoms with Gasteiger partial charge in [0, 0.05) is 12.6 Å². The normalized spacial score (nSPS) is 9.94. The van der Waals surface area contributed by atoms with E-state index in [4.69, 9.17) is 14.8 Å². The Morgan fingerprint density at radius 1 is 1.44 bits per heavy atom. The summed E-state index contributed by atoms with van der Waals surface area (Å²) < 4.78 is 5.26. The van der Waals surface area contributed by atoms with Crippen molar-refractivity contribution >= 4 is 5.97 Å². The molecule has 0 aliphatic rings. The lowest BCUT2D eigenvalue weighted by atomic mass is 10.3. The summed E-state index contributed by atoms with van der Waals surface area (Å²) in [6.45, 7) is 0. The molecule has 0 bridgehead atoms. The van der Waals surface area contributed by atoms with Gasteiger partial charge in [0.15, 0.2) is 0 Å². The first kappa shape index (κ1) is 11.7. The molecule has 18 heavy (non-hydrogen) atoms. The number of carbonyl (C=O) groups is 1. The van der Waals surface area contributed by atoms with E-state index >= 15 is 0 Å². The first-order valence-electron chi connectivity index (χ1n) is 5.10. The Labute approximate surface area is 102 Å². The molecule has 2 aromatic heterocycles. The molecule has 0 aromatic carbocycles. The van der Waals surface area contributed by atoms with Gasteiger partial charge in [0.05, 0.1) is 12.0 Å². The molecule has 0 aliphatic carbocycles. The Hall–Kier alpha value is -2.75. The zero-order chi connectivity index (χ0) is 13.0. The third kappa shape index (κ3) is 2.68. The first-order chi connectivity index (χ1) is 8.69. The van der Waals surface area contributed by atoms with Gasteiger partial charge in [-0.3, -0.25) is 4.79 Å². The van der Waals surface area contributed by atoms with Crippen molar-refractivity contribution in [2.24, 2.45) is 0 Å². The van der Waals surface area contributed by atoms with Crippen molar-refractivity contribution in [2.45, 2.75) is 12.8 Å². The molecule has 2 heterocycles. The van der Waals surface area contributed by atoms with E-state index in [0.717, 1.165) is 0 Å². The summed E-state index contributed by atoms with van der Waals surface area (Å²) in [4.78, 5) is 14.4. The monoisotopic (exact) mass is 244 g/mol. The number of rotatable bonds is 4. The van der Waals surface area contributed by atoms with Crippen LogP contribution in [-0.4, -0.2) is 26.3 Å². The van der Waals surface area contributed by atoms with E-state index in [1.807, 2.05) is 6.07 Å². The smallest absolute Gasteiger partial charge is 0.303 e. The number of aromatic nitrogens is 3. The van der Waals surface area contributed by atoms with Crippen LogP contribution < -0.4 is 0 Å². The van der Waals surface area contributed by atoms with E-state index in [1.54, 1.807) is 12.1 Å². The molecular weight excluding hydrogens is 236 g/mol. The molecular formula is C11H8N4O3. The minimum atomic E-state index is -0.925. The topological polar surface area (TPSA) is 113 Å². The Balaban J connectivity index is 2.13. The van der Waals surface area contributed by atoms with Crippen LogP contribution in [0.1, 0.15) is 17.9 Å². The van der Waals surface area contributed by atoms with Crippen molar-refractivity contribution < 1.29 is 14.3 Å².